The lowest BCUT2D eigenvalue weighted by Crippen LogP contribution is -3.11. The smallest absolute Gasteiger partial charge is 0.274 e. The first-order chi connectivity index (χ1) is 8.76. The summed E-state index contributed by atoms with van der Waals surface area (Å²) in [5.74, 6) is 0. The first-order valence-corrected chi connectivity index (χ1v) is 6.54. The molecule has 96 valence electrons. The van der Waals surface area contributed by atoms with Crippen molar-refractivity contribution in [1.82, 2.24) is 9.78 Å². The van der Waals surface area contributed by atoms with Gasteiger partial charge in [-0.15, -0.1) is 0 Å². The molecule has 18 heavy (non-hydrogen) atoms. The lowest BCUT2D eigenvalue weighted by atomic mass is 10.2. The van der Waals surface area contributed by atoms with E-state index in [1.807, 2.05) is 24.3 Å². The molecule has 0 saturated carbocycles. The average molecular weight is 246 g/mol. The predicted octanol–water partition coefficient (Wildman–Crippen LogP) is 0.321. The van der Waals surface area contributed by atoms with Crippen molar-refractivity contribution in [2.45, 2.75) is 20.4 Å². The van der Waals surface area contributed by atoms with Gasteiger partial charge in [-0.05, 0) is 19.9 Å². The highest BCUT2D eigenvalue weighted by atomic mass is 16.1. The minimum Gasteiger partial charge on any atom is -0.334 e. The van der Waals surface area contributed by atoms with Crippen molar-refractivity contribution in [3.05, 3.63) is 40.8 Å². The van der Waals surface area contributed by atoms with Crippen LogP contribution in [-0.2, 0) is 6.54 Å². The molecule has 0 unspecified atom stereocenters. The fraction of sp³-hybridized carbons (Fsp3) is 0.429. The third-order valence-electron chi connectivity index (χ3n) is 3.44. The predicted molar refractivity (Wildman–Crippen MR) is 72.9 cm³/mol. The van der Waals surface area contributed by atoms with Crippen LogP contribution in [0.3, 0.4) is 0 Å². The van der Waals surface area contributed by atoms with Gasteiger partial charge in [0, 0.05) is 5.39 Å². The number of hydrogen-bond acceptors (Lipinski definition) is 2. The van der Waals surface area contributed by atoms with E-state index in [4.69, 9.17) is 0 Å². The average Bonchev–Trinajstić information content (AvgIpc) is 2.42. The monoisotopic (exact) mass is 246 g/mol. The minimum absolute atomic E-state index is 0.0136. The Bertz CT molecular complexity index is 573. The van der Waals surface area contributed by atoms with Crippen LogP contribution in [0.1, 0.15) is 13.8 Å². The molecule has 2 rings (SSSR count). The molecule has 1 heterocycles. The van der Waals surface area contributed by atoms with Crippen LogP contribution < -0.4 is 10.5 Å². The Morgan fingerprint density at radius 1 is 1.22 bits per heavy atom. The Kier molecular flexibility index (Phi) is 4.10. The second kappa shape index (κ2) is 5.78. The number of benzene rings is 1. The van der Waals surface area contributed by atoms with Gasteiger partial charge >= 0.3 is 0 Å². The number of likely N-dealkylation sites (N-methyl/N-ethyl adjacent to an activating group) is 1. The quantitative estimate of drug-likeness (QED) is 0.825. The van der Waals surface area contributed by atoms with E-state index in [0.29, 0.717) is 6.54 Å². The number of nitrogens with zero attached hydrogens (tertiary/aromatic N) is 2. The number of hydrogen-bond donors (Lipinski definition) is 1. The van der Waals surface area contributed by atoms with Crippen LogP contribution in [-0.4, -0.2) is 29.4 Å². The summed E-state index contributed by atoms with van der Waals surface area (Å²) in [4.78, 5) is 13.7. The minimum atomic E-state index is 0.0136. The van der Waals surface area contributed by atoms with Gasteiger partial charge in [-0.25, -0.2) is 4.68 Å². The van der Waals surface area contributed by atoms with Gasteiger partial charge in [0.05, 0.1) is 37.8 Å². The molecule has 0 aliphatic carbocycles. The summed E-state index contributed by atoms with van der Waals surface area (Å²) in [5, 5.41) is 5.90. The molecule has 0 aliphatic heterocycles. The van der Waals surface area contributed by atoms with E-state index in [2.05, 4.69) is 18.9 Å². The zero-order valence-electron chi connectivity index (χ0n) is 11.0. The van der Waals surface area contributed by atoms with Crippen molar-refractivity contribution >= 4 is 10.8 Å². The van der Waals surface area contributed by atoms with Crippen molar-refractivity contribution in [2.24, 2.45) is 0 Å². The van der Waals surface area contributed by atoms with E-state index in [0.717, 1.165) is 30.4 Å². The lowest BCUT2D eigenvalue weighted by molar-refractivity contribution is -0.897. The Labute approximate surface area is 107 Å². The normalized spacial score (nSPS) is 11.3. The van der Waals surface area contributed by atoms with Crippen molar-refractivity contribution in [3.63, 3.8) is 0 Å². The zero-order chi connectivity index (χ0) is 13.0. The summed E-state index contributed by atoms with van der Waals surface area (Å²) in [6.45, 7) is 8.11. The van der Waals surface area contributed by atoms with Crippen LogP contribution in [0.2, 0.25) is 0 Å². The van der Waals surface area contributed by atoms with Crippen molar-refractivity contribution < 1.29 is 4.90 Å². The van der Waals surface area contributed by atoms with E-state index >= 15 is 0 Å². The van der Waals surface area contributed by atoms with Crippen molar-refractivity contribution in [3.8, 4) is 0 Å². The number of rotatable bonds is 5. The maximum Gasteiger partial charge on any atom is 0.274 e. The van der Waals surface area contributed by atoms with E-state index in [-0.39, 0.29) is 5.56 Å². The topological polar surface area (TPSA) is 39.3 Å². The maximum absolute atomic E-state index is 12.2. The zero-order valence-corrected chi connectivity index (χ0v) is 11.0. The molecule has 0 aliphatic rings. The highest BCUT2D eigenvalue weighted by Gasteiger charge is 2.06. The van der Waals surface area contributed by atoms with Crippen LogP contribution in [0.25, 0.3) is 10.8 Å². The molecule has 1 aromatic heterocycles. The summed E-state index contributed by atoms with van der Waals surface area (Å²) in [7, 11) is 0. The van der Waals surface area contributed by atoms with Gasteiger partial charge in [-0.1, -0.05) is 18.2 Å². The van der Waals surface area contributed by atoms with Crippen molar-refractivity contribution in [2.75, 3.05) is 19.6 Å². The van der Waals surface area contributed by atoms with Gasteiger partial charge < -0.3 is 4.90 Å². The molecule has 2 aromatic rings. The maximum atomic E-state index is 12.2. The summed E-state index contributed by atoms with van der Waals surface area (Å²) in [5.41, 5.74) is 0.0136. The molecule has 0 spiro atoms. The van der Waals surface area contributed by atoms with Crippen LogP contribution in [0.15, 0.2) is 35.3 Å². The first-order valence-electron chi connectivity index (χ1n) is 6.54. The molecule has 0 fully saturated rings. The molecule has 0 radical (unpaired) electrons. The van der Waals surface area contributed by atoms with Gasteiger partial charge in [-0.2, -0.15) is 5.10 Å². The van der Waals surface area contributed by atoms with E-state index in [9.17, 15) is 4.79 Å². The summed E-state index contributed by atoms with van der Waals surface area (Å²) < 4.78 is 1.58. The molecule has 1 aromatic carbocycles. The standard InChI is InChI=1S/C14H19N3O/c1-3-16(4-2)9-10-17-14(18)13-8-6-5-7-12(13)11-15-17/h5-8,11H,3-4,9-10H2,1-2H3/p+1. The Balaban J connectivity index is 2.24. The second-order valence-electron chi connectivity index (χ2n) is 4.47. The van der Waals surface area contributed by atoms with Crippen LogP contribution >= 0.6 is 0 Å². The molecule has 0 saturated heterocycles. The van der Waals surface area contributed by atoms with Crippen LogP contribution in [0, 0.1) is 0 Å². The van der Waals surface area contributed by atoms with Gasteiger partial charge in [0.15, 0.2) is 0 Å². The van der Waals surface area contributed by atoms with E-state index < -0.39 is 0 Å². The first kappa shape index (κ1) is 12.8. The highest BCUT2D eigenvalue weighted by molar-refractivity contribution is 5.80. The molecule has 0 bridgehead atoms. The molecular weight excluding hydrogens is 226 g/mol. The second-order valence-corrected chi connectivity index (χ2v) is 4.47. The van der Waals surface area contributed by atoms with Crippen LogP contribution in [0.4, 0.5) is 0 Å². The Morgan fingerprint density at radius 2 is 1.94 bits per heavy atom. The Morgan fingerprint density at radius 3 is 2.67 bits per heavy atom. The molecule has 1 N–H and O–H groups in total. The number of nitrogens with one attached hydrogen (secondary N) is 1. The summed E-state index contributed by atoms with van der Waals surface area (Å²) in [6.07, 6.45) is 1.77. The van der Waals surface area contributed by atoms with Gasteiger partial charge in [0.2, 0.25) is 0 Å². The largest absolute Gasteiger partial charge is 0.334 e. The third kappa shape index (κ3) is 2.59. The number of aromatic nitrogens is 2. The molecular formula is C14H20N3O+. The number of fused-ring (bicyclic) bond motifs is 1. The summed E-state index contributed by atoms with van der Waals surface area (Å²) in [6, 6.07) is 7.60. The molecule has 0 atom stereocenters. The van der Waals surface area contributed by atoms with Gasteiger partial charge in [0.25, 0.3) is 5.56 Å². The number of quaternary nitrogens is 1. The van der Waals surface area contributed by atoms with Gasteiger partial charge in [0.1, 0.15) is 0 Å². The molecule has 4 heteroatoms. The fourth-order valence-corrected chi connectivity index (χ4v) is 2.15. The van der Waals surface area contributed by atoms with E-state index in [1.165, 1.54) is 4.90 Å². The summed E-state index contributed by atoms with van der Waals surface area (Å²) >= 11 is 0. The lowest BCUT2D eigenvalue weighted by Gasteiger charge is -2.15. The fourth-order valence-electron chi connectivity index (χ4n) is 2.15. The van der Waals surface area contributed by atoms with Crippen LogP contribution in [0.5, 0.6) is 0 Å². The third-order valence-corrected chi connectivity index (χ3v) is 3.44. The Hall–Kier alpha value is -1.68. The van der Waals surface area contributed by atoms with Gasteiger partial charge in [-0.3, -0.25) is 4.79 Å². The van der Waals surface area contributed by atoms with E-state index in [1.54, 1.807) is 10.9 Å². The SMILES string of the molecule is CC[NH+](CC)CCn1ncc2ccccc2c1=O. The molecule has 4 nitrogen and oxygen atoms in total. The highest BCUT2D eigenvalue weighted by Crippen LogP contribution is 2.05. The molecule has 0 amide bonds. The van der Waals surface area contributed by atoms with Crippen molar-refractivity contribution in [1.29, 1.82) is 0 Å².